The average molecular weight is 238 g/mol. The van der Waals surface area contributed by atoms with Gasteiger partial charge in [0.25, 0.3) is 0 Å². The molecule has 1 heterocycles. The Morgan fingerprint density at radius 2 is 2.06 bits per heavy atom. The van der Waals surface area contributed by atoms with E-state index < -0.39 is 0 Å². The van der Waals surface area contributed by atoms with Crippen LogP contribution in [0, 0.1) is 17.8 Å². The van der Waals surface area contributed by atoms with Gasteiger partial charge in [-0.05, 0) is 37.6 Å². The van der Waals surface area contributed by atoms with E-state index in [1.807, 2.05) is 0 Å². The lowest BCUT2D eigenvalue weighted by molar-refractivity contribution is -0.125. The molecule has 98 valence electrons. The van der Waals surface area contributed by atoms with Crippen molar-refractivity contribution in [1.82, 2.24) is 10.6 Å². The van der Waals surface area contributed by atoms with Gasteiger partial charge in [-0.1, -0.05) is 26.2 Å². The van der Waals surface area contributed by atoms with E-state index in [0.717, 1.165) is 38.4 Å². The Hall–Kier alpha value is -0.570. The van der Waals surface area contributed by atoms with Crippen molar-refractivity contribution in [2.75, 3.05) is 19.6 Å². The summed E-state index contributed by atoms with van der Waals surface area (Å²) in [4.78, 5) is 12.0. The molecular weight excluding hydrogens is 212 g/mol. The highest BCUT2D eigenvalue weighted by Gasteiger charge is 2.24. The fourth-order valence-corrected chi connectivity index (χ4v) is 3.15. The molecule has 0 radical (unpaired) electrons. The zero-order chi connectivity index (χ0) is 12.1. The van der Waals surface area contributed by atoms with Gasteiger partial charge >= 0.3 is 0 Å². The lowest BCUT2D eigenvalue weighted by atomic mass is 9.80. The van der Waals surface area contributed by atoms with Crippen LogP contribution in [-0.2, 0) is 4.79 Å². The molecule has 1 amide bonds. The van der Waals surface area contributed by atoms with Crippen molar-refractivity contribution >= 4 is 5.91 Å². The van der Waals surface area contributed by atoms with Crippen molar-refractivity contribution in [2.24, 2.45) is 17.8 Å². The third-order valence-corrected chi connectivity index (χ3v) is 4.50. The van der Waals surface area contributed by atoms with E-state index in [-0.39, 0.29) is 11.8 Å². The molecule has 1 saturated heterocycles. The predicted molar refractivity (Wildman–Crippen MR) is 69.7 cm³/mol. The molecule has 2 aliphatic rings. The van der Waals surface area contributed by atoms with Crippen LogP contribution < -0.4 is 10.6 Å². The van der Waals surface area contributed by atoms with E-state index >= 15 is 0 Å². The van der Waals surface area contributed by atoms with Crippen molar-refractivity contribution in [3.05, 3.63) is 0 Å². The molecule has 3 atom stereocenters. The summed E-state index contributed by atoms with van der Waals surface area (Å²) in [7, 11) is 0. The van der Waals surface area contributed by atoms with Crippen molar-refractivity contribution in [3.63, 3.8) is 0 Å². The van der Waals surface area contributed by atoms with Crippen molar-refractivity contribution in [2.45, 2.75) is 45.4 Å². The first-order chi connectivity index (χ1) is 8.27. The quantitative estimate of drug-likeness (QED) is 0.789. The van der Waals surface area contributed by atoms with Gasteiger partial charge in [-0.2, -0.15) is 0 Å². The molecule has 0 bridgehead atoms. The van der Waals surface area contributed by atoms with Gasteiger partial charge in [0.15, 0.2) is 0 Å². The maximum Gasteiger partial charge on any atom is 0.224 e. The second-order valence-electron chi connectivity index (χ2n) is 5.81. The topological polar surface area (TPSA) is 41.1 Å². The molecule has 0 aromatic carbocycles. The number of carbonyl (C=O) groups is 1. The van der Waals surface area contributed by atoms with Gasteiger partial charge in [0.2, 0.25) is 5.91 Å². The number of rotatable bonds is 3. The Morgan fingerprint density at radius 1 is 1.24 bits per heavy atom. The second kappa shape index (κ2) is 6.39. The molecule has 2 rings (SSSR count). The van der Waals surface area contributed by atoms with Crippen molar-refractivity contribution in [3.8, 4) is 0 Å². The number of piperidine rings is 1. The SMILES string of the molecule is CC1CCCCC1CNC(=O)[C@H]1CCCNC1. The smallest absolute Gasteiger partial charge is 0.224 e. The summed E-state index contributed by atoms with van der Waals surface area (Å²) in [6.45, 7) is 5.17. The van der Waals surface area contributed by atoms with Crippen LogP contribution in [0.15, 0.2) is 0 Å². The third-order valence-electron chi connectivity index (χ3n) is 4.50. The molecule has 2 N–H and O–H groups in total. The number of hydrogen-bond donors (Lipinski definition) is 2. The van der Waals surface area contributed by atoms with Gasteiger partial charge in [-0.25, -0.2) is 0 Å². The molecule has 0 spiro atoms. The number of carbonyl (C=O) groups excluding carboxylic acids is 1. The maximum atomic E-state index is 12.0. The van der Waals surface area contributed by atoms with Crippen LogP contribution in [0.4, 0.5) is 0 Å². The fourth-order valence-electron chi connectivity index (χ4n) is 3.15. The largest absolute Gasteiger partial charge is 0.356 e. The predicted octanol–water partition coefficient (Wildman–Crippen LogP) is 1.93. The first kappa shape index (κ1) is 12.9. The normalized spacial score (nSPS) is 34.3. The summed E-state index contributed by atoms with van der Waals surface area (Å²) >= 11 is 0. The minimum Gasteiger partial charge on any atom is -0.356 e. The highest BCUT2D eigenvalue weighted by atomic mass is 16.1. The van der Waals surface area contributed by atoms with Crippen molar-refractivity contribution < 1.29 is 4.79 Å². The molecule has 0 aromatic rings. The van der Waals surface area contributed by atoms with Crippen LogP contribution >= 0.6 is 0 Å². The van der Waals surface area contributed by atoms with Gasteiger partial charge in [-0.3, -0.25) is 4.79 Å². The van der Waals surface area contributed by atoms with Crippen molar-refractivity contribution in [1.29, 1.82) is 0 Å². The van der Waals surface area contributed by atoms with Gasteiger partial charge in [0, 0.05) is 13.1 Å². The highest BCUT2D eigenvalue weighted by molar-refractivity contribution is 5.78. The van der Waals surface area contributed by atoms with Crippen LogP contribution in [0.5, 0.6) is 0 Å². The summed E-state index contributed by atoms with van der Waals surface area (Å²) in [5.41, 5.74) is 0. The highest BCUT2D eigenvalue weighted by Crippen LogP contribution is 2.28. The number of nitrogens with one attached hydrogen (secondary N) is 2. The Kier molecular flexibility index (Phi) is 4.84. The number of hydrogen-bond acceptors (Lipinski definition) is 2. The molecule has 1 aliphatic carbocycles. The molecule has 2 unspecified atom stereocenters. The molecule has 3 nitrogen and oxygen atoms in total. The van der Waals surface area contributed by atoms with Crippen LogP contribution in [-0.4, -0.2) is 25.5 Å². The zero-order valence-corrected chi connectivity index (χ0v) is 11.0. The fraction of sp³-hybridized carbons (Fsp3) is 0.929. The third kappa shape index (κ3) is 3.70. The minimum atomic E-state index is 0.211. The lowest BCUT2D eigenvalue weighted by Crippen LogP contribution is -2.42. The molecule has 3 heteroatoms. The molecule has 2 fully saturated rings. The van der Waals surface area contributed by atoms with E-state index in [1.165, 1.54) is 25.7 Å². The Morgan fingerprint density at radius 3 is 2.76 bits per heavy atom. The van der Waals surface area contributed by atoms with Gasteiger partial charge < -0.3 is 10.6 Å². The summed E-state index contributed by atoms with van der Waals surface area (Å²) in [5, 5.41) is 6.48. The van der Waals surface area contributed by atoms with E-state index in [1.54, 1.807) is 0 Å². The second-order valence-corrected chi connectivity index (χ2v) is 5.81. The standard InChI is InChI=1S/C14H26N2O/c1-11-5-2-3-6-12(11)10-16-14(17)13-7-4-8-15-9-13/h11-13,15H,2-10H2,1H3,(H,16,17)/t11?,12?,13-/m0/s1. The molecule has 1 aliphatic heterocycles. The monoisotopic (exact) mass is 238 g/mol. The number of amides is 1. The summed E-state index contributed by atoms with van der Waals surface area (Å²) < 4.78 is 0. The minimum absolute atomic E-state index is 0.211. The Balaban J connectivity index is 1.71. The zero-order valence-electron chi connectivity index (χ0n) is 11.0. The molecule has 17 heavy (non-hydrogen) atoms. The van der Waals surface area contributed by atoms with E-state index in [2.05, 4.69) is 17.6 Å². The lowest BCUT2D eigenvalue weighted by Gasteiger charge is -2.30. The van der Waals surface area contributed by atoms with Gasteiger partial charge in [0.05, 0.1) is 5.92 Å². The Labute approximate surface area is 105 Å². The van der Waals surface area contributed by atoms with Crippen LogP contribution in [0.1, 0.15) is 45.4 Å². The average Bonchev–Trinajstić information content (AvgIpc) is 2.38. The molecule has 0 aromatic heterocycles. The summed E-state index contributed by atoms with van der Waals surface area (Å²) in [6, 6.07) is 0. The van der Waals surface area contributed by atoms with Crippen LogP contribution in [0.25, 0.3) is 0 Å². The van der Waals surface area contributed by atoms with Crippen LogP contribution in [0.3, 0.4) is 0 Å². The van der Waals surface area contributed by atoms with E-state index in [9.17, 15) is 4.79 Å². The Bertz CT molecular complexity index is 249. The van der Waals surface area contributed by atoms with E-state index in [4.69, 9.17) is 0 Å². The molecule has 1 saturated carbocycles. The summed E-state index contributed by atoms with van der Waals surface area (Å²) in [6.07, 6.45) is 7.54. The first-order valence-corrected chi connectivity index (χ1v) is 7.26. The van der Waals surface area contributed by atoms with Gasteiger partial charge in [0.1, 0.15) is 0 Å². The van der Waals surface area contributed by atoms with Crippen LogP contribution in [0.2, 0.25) is 0 Å². The first-order valence-electron chi connectivity index (χ1n) is 7.26. The van der Waals surface area contributed by atoms with Gasteiger partial charge in [-0.15, -0.1) is 0 Å². The van der Waals surface area contributed by atoms with E-state index in [0.29, 0.717) is 5.92 Å². The summed E-state index contributed by atoms with van der Waals surface area (Å²) in [5.74, 6) is 1.98. The molecular formula is C14H26N2O. The maximum absolute atomic E-state index is 12.0.